The lowest BCUT2D eigenvalue weighted by Crippen LogP contribution is -2.06. The van der Waals surface area contributed by atoms with E-state index >= 15 is 0 Å². The van der Waals surface area contributed by atoms with Crippen molar-refractivity contribution in [3.05, 3.63) is 47.0 Å². The number of aliphatic hydroxyl groups is 1. The van der Waals surface area contributed by atoms with Gasteiger partial charge in [0, 0.05) is 12.0 Å². The van der Waals surface area contributed by atoms with Gasteiger partial charge in [-0.3, -0.25) is 0 Å². The molecule has 21 heavy (non-hydrogen) atoms. The predicted molar refractivity (Wildman–Crippen MR) is 78.0 cm³/mol. The number of benzene rings is 1. The van der Waals surface area contributed by atoms with Gasteiger partial charge < -0.3 is 9.67 Å². The van der Waals surface area contributed by atoms with Crippen molar-refractivity contribution in [2.24, 2.45) is 5.92 Å². The molecule has 3 unspecified atom stereocenters. The van der Waals surface area contributed by atoms with Gasteiger partial charge in [-0.05, 0) is 48.6 Å². The number of hydrogen-bond acceptors (Lipinski definition) is 3. The van der Waals surface area contributed by atoms with E-state index in [2.05, 4.69) is 39.0 Å². The van der Waals surface area contributed by atoms with Crippen molar-refractivity contribution >= 4 is 0 Å². The van der Waals surface area contributed by atoms with E-state index in [-0.39, 0.29) is 6.61 Å². The maximum Gasteiger partial charge on any atom is 0.159 e. The highest BCUT2D eigenvalue weighted by molar-refractivity contribution is 5.43. The number of rotatable bonds is 3. The van der Waals surface area contributed by atoms with Crippen LogP contribution in [0.5, 0.6) is 0 Å². The van der Waals surface area contributed by atoms with Crippen molar-refractivity contribution in [1.82, 2.24) is 14.8 Å². The average molecular weight is 281 g/mol. The molecule has 0 amide bonds. The maximum absolute atomic E-state index is 9.50. The lowest BCUT2D eigenvalue weighted by molar-refractivity contribution is 0.264. The Morgan fingerprint density at radius 2 is 1.95 bits per heavy atom. The van der Waals surface area contributed by atoms with Gasteiger partial charge in [-0.25, -0.2) is 0 Å². The van der Waals surface area contributed by atoms with Crippen molar-refractivity contribution in [2.75, 3.05) is 0 Å². The molecule has 4 nitrogen and oxygen atoms in total. The quantitative estimate of drug-likeness (QED) is 0.940. The van der Waals surface area contributed by atoms with Crippen LogP contribution >= 0.6 is 0 Å². The number of nitrogens with zero attached hydrogens (tertiary/aromatic N) is 3. The van der Waals surface area contributed by atoms with Crippen LogP contribution < -0.4 is 0 Å². The van der Waals surface area contributed by atoms with Crippen molar-refractivity contribution in [3.8, 4) is 0 Å². The van der Waals surface area contributed by atoms with Gasteiger partial charge in [-0.1, -0.05) is 24.3 Å². The molecule has 1 N–H and O–H groups in total. The largest absolute Gasteiger partial charge is 0.388 e. The number of aromatic nitrogens is 3. The summed E-state index contributed by atoms with van der Waals surface area (Å²) < 4.78 is 2.24. The highest BCUT2D eigenvalue weighted by atomic mass is 16.3. The fraction of sp³-hybridized carbons (Fsp3) is 0.529. The molecule has 1 aromatic carbocycles. The third-order valence-corrected chi connectivity index (χ3v) is 5.47. The summed E-state index contributed by atoms with van der Waals surface area (Å²) in [6.45, 7) is 0.00212. The topological polar surface area (TPSA) is 50.9 Å². The van der Waals surface area contributed by atoms with E-state index in [1.165, 1.54) is 36.8 Å². The van der Waals surface area contributed by atoms with Crippen molar-refractivity contribution in [2.45, 2.75) is 50.2 Å². The zero-order valence-corrected chi connectivity index (χ0v) is 11.9. The fourth-order valence-corrected chi connectivity index (χ4v) is 4.32. The van der Waals surface area contributed by atoms with E-state index in [1.807, 2.05) is 0 Å². The first kappa shape index (κ1) is 11.9. The minimum Gasteiger partial charge on any atom is -0.388 e. The van der Waals surface area contributed by atoms with E-state index in [1.54, 1.807) is 0 Å². The molecule has 1 heterocycles. The molecule has 1 aromatic heterocycles. The first-order chi connectivity index (χ1) is 10.4. The third-order valence-electron chi connectivity index (χ3n) is 5.47. The molecule has 5 rings (SSSR count). The van der Waals surface area contributed by atoms with Gasteiger partial charge in [0.2, 0.25) is 0 Å². The van der Waals surface area contributed by atoms with Gasteiger partial charge in [0.25, 0.3) is 0 Å². The minimum absolute atomic E-state index is 0.00212. The second kappa shape index (κ2) is 4.17. The van der Waals surface area contributed by atoms with Gasteiger partial charge in [-0.2, -0.15) is 0 Å². The van der Waals surface area contributed by atoms with E-state index in [9.17, 15) is 5.11 Å². The molecule has 4 heteroatoms. The SMILES string of the molecule is OCc1nnc(C2C3CCc4ccccc4C32)n1C1CC1. The number of aryl methyl sites for hydroxylation is 1. The van der Waals surface area contributed by atoms with Gasteiger partial charge in [-0.15, -0.1) is 10.2 Å². The summed E-state index contributed by atoms with van der Waals surface area (Å²) in [6.07, 6.45) is 4.87. The maximum atomic E-state index is 9.50. The lowest BCUT2D eigenvalue weighted by atomic mass is 9.92. The number of fused-ring (bicyclic) bond motifs is 3. The molecule has 2 saturated carbocycles. The summed E-state index contributed by atoms with van der Waals surface area (Å²) >= 11 is 0. The van der Waals surface area contributed by atoms with Crippen LogP contribution in [-0.4, -0.2) is 19.9 Å². The Morgan fingerprint density at radius 3 is 2.76 bits per heavy atom. The Morgan fingerprint density at radius 1 is 1.10 bits per heavy atom. The van der Waals surface area contributed by atoms with Crippen LogP contribution in [0, 0.1) is 5.92 Å². The van der Waals surface area contributed by atoms with Crippen LogP contribution in [0.1, 0.15) is 59.9 Å². The Hall–Kier alpha value is -1.68. The van der Waals surface area contributed by atoms with Gasteiger partial charge in [0.1, 0.15) is 12.4 Å². The molecule has 0 saturated heterocycles. The van der Waals surface area contributed by atoms with Crippen molar-refractivity contribution in [1.29, 1.82) is 0 Å². The summed E-state index contributed by atoms with van der Waals surface area (Å²) in [7, 11) is 0. The molecule has 2 aromatic rings. The normalized spacial score (nSPS) is 29.9. The van der Waals surface area contributed by atoms with Crippen LogP contribution in [0.25, 0.3) is 0 Å². The molecule has 0 spiro atoms. The molecule has 0 radical (unpaired) electrons. The standard InChI is InChI=1S/C17H19N3O/c21-9-14-18-19-17(20(14)11-6-7-11)16-13-8-5-10-3-1-2-4-12(10)15(13)16/h1-4,11,13,15-16,21H,5-9H2. The molecular formula is C17H19N3O. The molecule has 3 atom stereocenters. The summed E-state index contributed by atoms with van der Waals surface area (Å²) in [5.74, 6) is 3.76. The second-order valence-corrected chi connectivity index (χ2v) is 6.69. The van der Waals surface area contributed by atoms with E-state index < -0.39 is 0 Å². The Balaban J connectivity index is 1.55. The van der Waals surface area contributed by atoms with Crippen molar-refractivity contribution in [3.63, 3.8) is 0 Å². The van der Waals surface area contributed by atoms with Crippen molar-refractivity contribution < 1.29 is 5.11 Å². The third kappa shape index (κ3) is 1.65. The second-order valence-electron chi connectivity index (χ2n) is 6.69. The zero-order valence-electron chi connectivity index (χ0n) is 11.9. The Labute approximate surface area is 123 Å². The first-order valence-electron chi connectivity index (χ1n) is 8.01. The fourth-order valence-electron chi connectivity index (χ4n) is 4.32. The molecule has 108 valence electrons. The van der Waals surface area contributed by atoms with Gasteiger partial charge in [0.15, 0.2) is 5.82 Å². The predicted octanol–water partition coefficient (Wildman–Crippen LogP) is 2.55. The number of aliphatic hydroxyl groups excluding tert-OH is 1. The molecule has 0 bridgehead atoms. The first-order valence-corrected chi connectivity index (χ1v) is 8.01. The Bertz CT molecular complexity index is 704. The van der Waals surface area contributed by atoms with E-state index in [4.69, 9.17) is 0 Å². The number of hydrogen-bond donors (Lipinski definition) is 1. The molecule has 2 fully saturated rings. The van der Waals surface area contributed by atoms with Gasteiger partial charge in [0.05, 0.1) is 0 Å². The van der Waals surface area contributed by atoms with E-state index in [0.717, 1.165) is 17.6 Å². The van der Waals surface area contributed by atoms with E-state index in [0.29, 0.717) is 17.9 Å². The minimum atomic E-state index is 0.00212. The lowest BCUT2D eigenvalue weighted by Gasteiger charge is -2.13. The summed E-state index contributed by atoms with van der Waals surface area (Å²) in [4.78, 5) is 0. The highest BCUT2D eigenvalue weighted by Crippen LogP contribution is 2.65. The van der Waals surface area contributed by atoms with Crippen LogP contribution in [0.3, 0.4) is 0 Å². The summed E-state index contributed by atoms with van der Waals surface area (Å²) in [6, 6.07) is 9.40. The zero-order chi connectivity index (χ0) is 14.0. The molecule has 3 aliphatic carbocycles. The Kier molecular flexibility index (Phi) is 2.37. The average Bonchev–Trinajstić information content (AvgIpc) is 3.44. The molecule has 3 aliphatic rings. The van der Waals surface area contributed by atoms with Crippen LogP contribution in [-0.2, 0) is 13.0 Å². The summed E-state index contributed by atoms with van der Waals surface area (Å²) in [5, 5.41) is 18.2. The van der Waals surface area contributed by atoms with Gasteiger partial charge >= 0.3 is 0 Å². The monoisotopic (exact) mass is 281 g/mol. The van der Waals surface area contributed by atoms with Crippen LogP contribution in [0.2, 0.25) is 0 Å². The highest BCUT2D eigenvalue weighted by Gasteiger charge is 2.56. The van der Waals surface area contributed by atoms with Crippen LogP contribution in [0.15, 0.2) is 24.3 Å². The van der Waals surface area contributed by atoms with Crippen LogP contribution in [0.4, 0.5) is 0 Å². The summed E-state index contributed by atoms with van der Waals surface area (Å²) in [5.41, 5.74) is 3.04. The smallest absolute Gasteiger partial charge is 0.159 e. The molecule has 0 aliphatic heterocycles. The molecular weight excluding hydrogens is 262 g/mol.